The molecule has 1 N–H and O–H groups in total. The monoisotopic (exact) mass is 217 g/mol. The molecule has 1 amide bonds. The molecule has 0 heterocycles. The highest BCUT2D eigenvalue weighted by Crippen LogP contribution is 2.17. The number of hydrogen-bond acceptors (Lipinski definition) is 5. The first-order chi connectivity index (χ1) is 4.46. The van der Waals surface area contributed by atoms with Crippen LogP contribution in [0, 0.1) is 0 Å². The summed E-state index contributed by atoms with van der Waals surface area (Å²) in [5.41, 5.74) is 0. The lowest BCUT2D eigenvalue weighted by molar-refractivity contribution is 0.156. The highest BCUT2D eigenvalue weighted by atomic mass is 32.2. The molecular weight excluding hydrogens is 210 g/mol. The largest absolute Gasteiger partial charge is 0.465 e. The van der Waals surface area contributed by atoms with Crippen LogP contribution in [-0.2, 0) is 0 Å². The Labute approximate surface area is 80.8 Å². The molecule has 0 saturated heterocycles. The lowest BCUT2D eigenvalue weighted by Crippen LogP contribution is -2.36. The second-order valence-electron chi connectivity index (χ2n) is 1.38. The molecule has 0 bridgehead atoms. The quantitative estimate of drug-likeness (QED) is 0.357. The molecule has 10 heavy (non-hydrogen) atoms. The van der Waals surface area contributed by atoms with Crippen molar-refractivity contribution in [3.05, 3.63) is 0 Å². The van der Waals surface area contributed by atoms with E-state index in [2.05, 4.69) is 50.5 Å². The normalized spacial score (nSPS) is 10.6. The Morgan fingerprint density at radius 1 is 1.20 bits per heavy atom. The Morgan fingerprint density at radius 3 is 1.50 bits per heavy atom. The first-order valence-corrected chi connectivity index (χ1v) is 4.27. The molecule has 7 heteroatoms. The lowest BCUT2D eigenvalue weighted by atomic mass is 10.9. The first-order valence-electron chi connectivity index (χ1n) is 2.20. The molecule has 0 saturated carbocycles. The van der Waals surface area contributed by atoms with Gasteiger partial charge in [-0.05, 0) is 0 Å². The molecular formula is C3H7NO2S4. The van der Waals surface area contributed by atoms with Crippen LogP contribution in [-0.4, -0.2) is 25.5 Å². The van der Waals surface area contributed by atoms with Crippen LogP contribution < -0.4 is 0 Å². The smallest absolute Gasteiger partial charge is 0.410 e. The number of hydrogen-bond donors (Lipinski definition) is 5. The summed E-state index contributed by atoms with van der Waals surface area (Å²) in [6.45, 7) is 0. The molecule has 0 aliphatic carbocycles. The molecule has 0 radical (unpaired) electrons. The predicted molar refractivity (Wildman–Crippen MR) is 53.4 cm³/mol. The van der Waals surface area contributed by atoms with Gasteiger partial charge in [0.25, 0.3) is 0 Å². The van der Waals surface area contributed by atoms with Crippen molar-refractivity contribution >= 4 is 56.6 Å². The minimum absolute atomic E-state index is 0.697. The van der Waals surface area contributed by atoms with Crippen LogP contribution in [0.4, 0.5) is 4.79 Å². The molecule has 0 atom stereocenters. The van der Waals surface area contributed by atoms with Crippen molar-refractivity contribution < 1.29 is 9.90 Å². The fraction of sp³-hybridized carbons (Fsp3) is 0.667. The number of amides is 1. The zero-order valence-electron chi connectivity index (χ0n) is 4.75. The van der Waals surface area contributed by atoms with Crippen molar-refractivity contribution in [2.45, 2.75) is 9.41 Å². The zero-order chi connectivity index (χ0) is 8.31. The summed E-state index contributed by atoms with van der Waals surface area (Å²) >= 11 is 15.1. The van der Waals surface area contributed by atoms with E-state index in [1.807, 2.05) is 0 Å². The van der Waals surface area contributed by atoms with Gasteiger partial charge in [-0.2, -0.15) is 0 Å². The minimum atomic E-state index is -1.15. The van der Waals surface area contributed by atoms with E-state index < -0.39 is 15.5 Å². The van der Waals surface area contributed by atoms with Gasteiger partial charge in [0.15, 0.2) is 0 Å². The first kappa shape index (κ1) is 10.7. The average molecular weight is 217 g/mol. The summed E-state index contributed by atoms with van der Waals surface area (Å²) in [5, 5.41) is 8.44. The summed E-state index contributed by atoms with van der Waals surface area (Å²) in [6.07, 6.45) is -1.15. The van der Waals surface area contributed by atoms with Gasteiger partial charge < -0.3 is 5.11 Å². The molecule has 0 aliphatic heterocycles. The predicted octanol–water partition coefficient (Wildman–Crippen LogP) is 1.25. The van der Waals surface area contributed by atoms with E-state index in [0.29, 0.717) is 0 Å². The van der Waals surface area contributed by atoms with Crippen molar-refractivity contribution in [3.63, 3.8) is 0 Å². The second-order valence-corrected chi connectivity index (χ2v) is 4.15. The Bertz CT molecular complexity index is 120. The summed E-state index contributed by atoms with van der Waals surface area (Å²) in [7, 11) is 0. The molecule has 0 aromatic carbocycles. The Balaban J connectivity index is 4.12. The van der Waals surface area contributed by atoms with Crippen molar-refractivity contribution in [1.82, 2.24) is 4.90 Å². The number of nitrogens with zero attached hydrogens (tertiary/aromatic N) is 1. The van der Waals surface area contributed by atoms with Crippen LogP contribution in [0.3, 0.4) is 0 Å². The summed E-state index contributed by atoms with van der Waals surface area (Å²) in [6, 6.07) is 0. The van der Waals surface area contributed by atoms with E-state index >= 15 is 0 Å². The molecule has 0 aliphatic rings. The maximum absolute atomic E-state index is 10.3. The van der Waals surface area contributed by atoms with Crippen molar-refractivity contribution in [2.75, 3.05) is 0 Å². The fourth-order valence-electron chi connectivity index (χ4n) is 0.317. The summed E-state index contributed by atoms with van der Waals surface area (Å²) < 4.78 is -1.39. The van der Waals surface area contributed by atoms with Gasteiger partial charge in [-0.3, -0.25) is 4.90 Å². The molecule has 0 aromatic rings. The third-order valence-corrected chi connectivity index (χ3v) is 1.71. The SMILES string of the molecule is O=C(O)N(C(S)S)C(S)S. The number of thiol groups is 4. The van der Waals surface area contributed by atoms with Gasteiger partial charge in [-0.15, -0.1) is 50.5 Å². The Kier molecular flexibility index (Phi) is 4.83. The zero-order valence-corrected chi connectivity index (χ0v) is 8.32. The summed E-state index contributed by atoms with van der Waals surface area (Å²) in [4.78, 5) is 11.2. The molecule has 0 aromatic heterocycles. The Morgan fingerprint density at radius 2 is 1.50 bits per heavy atom. The second kappa shape index (κ2) is 4.53. The lowest BCUT2D eigenvalue weighted by Gasteiger charge is -2.23. The molecule has 0 rings (SSSR count). The van der Waals surface area contributed by atoms with E-state index in [9.17, 15) is 4.79 Å². The maximum atomic E-state index is 10.3. The molecule has 3 nitrogen and oxygen atoms in total. The highest BCUT2D eigenvalue weighted by molar-refractivity contribution is 8.00. The van der Waals surface area contributed by atoms with Gasteiger partial charge in [0.1, 0.15) is 9.41 Å². The van der Waals surface area contributed by atoms with Crippen molar-refractivity contribution in [2.24, 2.45) is 0 Å². The topological polar surface area (TPSA) is 40.5 Å². The summed E-state index contributed by atoms with van der Waals surface area (Å²) in [5.74, 6) is 0. The van der Waals surface area contributed by atoms with Crippen LogP contribution in [0.15, 0.2) is 0 Å². The molecule has 0 spiro atoms. The number of carbonyl (C=O) groups is 1. The van der Waals surface area contributed by atoms with Gasteiger partial charge in [-0.25, -0.2) is 4.79 Å². The van der Waals surface area contributed by atoms with Gasteiger partial charge in [0.2, 0.25) is 0 Å². The standard InChI is InChI=1S/C3H7NO2S4/c5-1(6)4(2(7)8)3(9)10/h2-3,7-10H,(H,5,6). The van der Waals surface area contributed by atoms with Crippen molar-refractivity contribution in [1.29, 1.82) is 0 Å². The van der Waals surface area contributed by atoms with Crippen LogP contribution in [0.1, 0.15) is 0 Å². The third kappa shape index (κ3) is 3.18. The maximum Gasteiger partial charge on any atom is 0.410 e. The van der Waals surface area contributed by atoms with E-state index in [-0.39, 0.29) is 0 Å². The van der Waals surface area contributed by atoms with Gasteiger partial charge in [-0.1, -0.05) is 0 Å². The van der Waals surface area contributed by atoms with Gasteiger partial charge >= 0.3 is 6.09 Å². The minimum Gasteiger partial charge on any atom is -0.465 e. The Hall–Kier alpha value is 0.670. The molecule has 0 unspecified atom stereocenters. The van der Waals surface area contributed by atoms with E-state index in [1.54, 1.807) is 0 Å². The van der Waals surface area contributed by atoms with Crippen LogP contribution in [0.2, 0.25) is 0 Å². The van der Waals surface area contributed by atoms with E-state index in [1.165, 1.54) is 0 Å². The van der Waals surface area contributed by atoms with Gasteiger partial charge in [0.05, 0.1) is 0 Å². The molecule has 60 valence electrons. The molecule has 0 fully saturated rings. The van der Waals surface area contributed by atoms with Crippen molar-refractivity contribution in [3.8, 4) is 0 Å². The number of carboxylic acid groups (broad SMARTS) is 1. The average Bonchev–Trinajstić information content (AvgIpc) is 1.59. The fourth-order valence-corrected chi connectivity index (χ4v) is 1.67. The van der Waals surface area contributed by atoms with E-state index in [0.717, 1.165) is 4.90 Å². The van der Waals surface area contributed by atoms with Crippen LogP contribution in [0.5, 0.6) is 0 Å². The van der Waals surface area contributed by atoms with Crippen LogP contribution in [0.25, 0.3) is 0 Å². The number of rotatable bonds is 2. The van der Waals surface area contributed by atoms with Gasteiger partial charge in [0, 0.05) is 0 Å². The van der Waals surface area contributed by atoms with E-state index in [4.69, 9.17) is 5.11 Å². The highest BCUT2D eigenvalue weighted by Gasteiger charge is 2.20. The van der Waals surface area contributed by atoms with Crippen LogP contribution >= 0.6 is 50.5 Å². The third-order valence-electron chi connectivity index (χ3n) is 0.718.